The molecule has 0 atom stereocenters. The highest BCUT2D eigenvalue weighted by atomic mass is 16.5. The third-order valence-corrected chi connectivity index (χ3v) is 2.89. The van der Waals surface area contributed by atoms with Gasteiger partial charge in [-0.05, 0) is 23.8 Å². The van der Waals surface area contributed by atoms with Crippen molar-refractivity contribution < 1.29 is 4.74 Å². The first-order valence-electron chi connectivity index (χ1n) is 6.43. The third kappa shape index (κ3) is 3.59. The van der Waals surface area contributed by atoms with E-state index in [1.165, 1.54) is 0 Å². The fraction of sp³-hybridized carbons (Fsp3) is 0.125. The van der Waals surface area contributed by atoms with Crippen LogP contribution in [-0.4, -0.2) is 18.7 Å². The van der Waals surface area contributed by atoms with Gasteiger partial charge in [-0.15, -0.1) is 0 Å². The Labute approximate surface area is 128 Å². The van der Waals surface area contributed by atoms with Gasteiger partial charge >= 0.3 is 0 Å². The molecule has 1 aromatic carbocycles. The Morgan fingerprint density at radius 2 is 1.73 bits per heavy atom. The van der Waals surface area contributed by atoms with Crippen molar-refractivity contribution in [1.82, 2.24) is 0 Å². The van der Waals surface area contributed by atoms with Gasteiger partial charge < -0.3 is 10.5 Å². The number of nitriles is 2. The first-order chi connectivity index (χ1) is 10.7. The first-order valence-corrected chi connectivity index (χ1v) is 6.43. The quantitative estimate of drug-likeness (QED) is 0.920. The number of ether oxygens (including phenoxy) is 1. The fourth-order valence-electron chi connectivity index (χ4n) is 1.82. The number of allylic oxidation sites excluding steroid dienone is 3. The molecule has 22 heavy (non-hydrogen) atoms. The molecule has 0 unspecified atom stereocenters. The van der Waals surface area contributed by atoms with Gasteiger partial charge in [0.1, 0.15) is 23.7 Å². The Kier molecular flexibility index (Phi) is 4.69. The summed E-state index contributed by atoms with van der Waals surface area (Å²) in [6.45, 7) is 0. The van der Waals surface area contributed by atoms with Crippen LogP contribution in [0.2, 0.25) is 0 Å². The van der Waals surface area contributed by atoms with Crippen LogP contribution in [0.3, 0.4) is 0 Å². The van der Waals surface area contributed by atoms with Crippen molar-refractivity contribution in [3.63, 3.8) is 0 Å². The van der Waals surface area contributed by atoms with E-state index in [0.717, 1.165) is 11.3 Å². The number of methoxy groups -OCH3 is 1. The van der Waals surface area contributed by atoms with Crippen LogP contribution in [0.15, 0.2) is 51.7 Å². The lowest BCUT2D eigenvalue weighted by Crippen LogP contribution is -2.15. The largest absolute Gasteiger partial charge is 0.497 e. The zero-order valence-electron chi connectivity index (χ0n) is 11.9. The van der Waals surface area contributed by atoms with Crippen LogP contribution in [0.4, 0.5) is 0 Å². The second-order valence-corrected chi connectivity index (χ2v) is 4.41. The Morgan fingerprint density at radius 3 is 2.32 bits per heavy atom. The number of hydrogen-bond donors (Lipinski definition) is 1. The summed E-state index contributed by atoms with van der Waals surface area (Å²) >= 11 is 0. The van der Waals surface area contributed by atoms with Crippen LogP contribution in [0.5, 0.6) is 5.75 Å². The molecule has 0 aliphatic carbocycles. The van der Waals surface area contributed by atoms with Crippen molar-refractivity contribution >= 4 is 17.6 Å². The third-order valence-electron chi connectivity index (χ3n) is 2.89. The molecule has 108 valence electrons. The van der Waals surface area contributed by atoms with Gasteiger partial charge in [0.2, 0.25) is 0 Å². The van der Waals surface area contributed by atoms with Gasteiger partial charge in [-0.2, -0.15) is 10.5 Å². The minimum absolute atomic E-state index is 0.0302. The minimum Gasteiger partial charge on any atom is -0.497 e. The predicted molar refractivity (Wildman–Crippen MR) is 84.0 cm³/mol. The SMILES string of the molecule is COc1ccc(C=CC2=NC(C#N)=C(C#N)N=C(N)C2)cc1. The molecule has 0 amide bonds. The molecular weight excluding hydrogens is 278 g/mol. The summed E-state index contributed by atoms with van der Waals surface area (Å²) in [6.07, 6.45) is 3.88. The molecule has 0 fully saturated rings. The van der Waals surface area contributed by atoms with Crippen LogP contribution in [0.25, 0.3) is 6.08 Å². The highest BCUT2D eigenvalue weighted by molar-refractivity contribution is 6.11. The summed E-state index contributed by atoms with van der Waals surface area (Å²) < 4.78 is 5.09. The summed E-state index contributed by atoms with van der Waals surface area (Å²) in [7, 11) is 1.61. The number of amidine groups is 1. The lowest BCUT2D eigenvalue weighted by molar-refractivity contribution is 0.415. The molecule has 1 aliphatic rings. The maximum atomic E-state index is 9.05. The second kappa shape index (κ2) is 6.87. The van der Waals surface area contributed by atoms with Gasteiger partial charge in [0.15, 0.2) is 11.4 Å². The standard InChI is InChI=1S/C16H13N5O/c1-22-13-6-3-11(4-7-13)2-5-12-8-16(19)21-15(10-18)14(9-17)20-12/h2-7H,8H2,1H3,(H2,19,21). The van der Waals surface area contributed by atoms with E-state index in [0.29, 0.717) is 5.71 Å². The van der Waals surface area contributed by atoms with E-state index in [2.05, 4.69) is 9.98 Å². The summed E-state index contributed by atoms with van der Waals surface area (Å²) in [6, 6.07) is 11.2. The Bertz CT molecular complexity index is 770. The van der Waals surface area contributed by atoms with Gasteiger partial charge in [-0.3, -0.25) is 0 Å². The van der Waals surface area contributed by atoms with Crippen molar-refractivity contribution in [3.05, 3.63) is 47.3 Å². The lowest BCUT2D eigenvalue weighted by Gasteiger charge is -2.00. The Balaban J connectivity index is 2.29. The maximum Gasteiger partial charge on any atom is 0.178 e. The summed E-state index contributed by atoms with van der Waals surface area (Å²) in [5, 5.41) is 18.0. The van der Waals surface area contributed by atoms with Crippen molar-refractivity contribution in [2.45, 2.75) is 6.42 Å². The molecule has 6 nitrogen and oxygen atoms in total. The van der Waals surface area contributed by atoms with Crippen molar-refractivity contribution in [1.29, 1.82) is 10.5 Å². The smallest absolute Gasteiger partial charge is 0.178 e. The predicted octanol–water partition coefficient (Wildman–Crippen LogP) is 2.17. The van der Waals surface area contributed by atoms with Gasteiger partial charge in [-0.1, -0.05) is 18.2 Å². The summed E-state index contributed by atoms with van der Waals surface area (Å²) in [5.74, 6) is 1.02. The van der Waals surface area contributed by atoms with E-state index >= 15 is 0 Å². The molecule has 6 heteroatoms. The number of hydrogen-bond acceptors (Lipinski definition) is 6. The second-order valence-electron chi connectivity index (χ2n) is 4.41. The van der Waals surface area contributed by atoms with Crippen LogP contribution in [0.1, 0.15) is 12.0 Å². The number of nitrogens with two attached hydrogens (primary N) is 1. The molecule has 0 radical (unpaired) electrons. The van der Waals surface area contributed by atoms with Gasteiger partial charge in [0.05, 0.1) is 7.11 Å². The van der Waals surface area contributed by atoms with Crippen LogP contribution < -0.4 is 10.5 Å². The molecule has 0 saturated carbocycles. The van der Waals surface area contributed by atoms with Crippen molar-refractivity contribution in [2.24, 2.45) is 15.7 Å². The van der Waals surface area contributed by atoms with Gasteiger partial charge in [0, 0.05) is 12.1 Å². The maximum absolute atomic E-state index is 9.05. The molecule has 0 bridgehead atoms. The van der Waals surface area contributed by atoms with E-state index in [1.807, 2.05) is 42.5 Å². The van der Waals surface area contributed by atoms with E-state index in [1.54, 1.807) is 13.2 Å². The molecule has 1 aromatic rings. The van der Waals surface area contributed by atoms with Crippen LogP contribution in [-0.2, 0) is 0 Å². The average Bonchev–Trinajstić information content (AvgIpc) is 2.71. The summed E-state index contributed by atoms with van der Waals surface area (Å²) in [5.41, 5.74) is 7.17. The molecule has 1 aliphatic heterocycles. The summed E-state index contributed by atoms with van der Waals surface area (Å²) in [4.78, 5) is 8.05. The molecule has 0 spiro atoms. The van der Waals surface area contributed by atoms with E-state index in [4.69, 9.17) is 21.0 Å². The first kappa shape index (κ1) is 15.0. The number of aliphatic imine (C=N–C) groups is 2. The van der Waals surface area contributed by atoms with E-state index < -0.39 is 0 Å². The Morgan fingerprint density at radius 1 is 1.09 bits per heavy atom. The van der Waals surface area contributed by atoms with Gasteiger partial charge in [0.25, 0.3) is 0 Å². The lowest BCUT2D eigenvalue weighted by atomic mass is 10.1. The molecule has 1 heterocycles. The zero-order valence-corrected chi connectivity index (χ0v) is 11.9. The monoisotopic (exact) mass is 291 g/mol. The molecular formula is C16H13N5O. The highest BCUT2D eigenvalue weighted by Gasteiger charge is 2.12. The molecule has 0 saturated heterocycles. The normalized spacial score (nSPS) is 14.7. The Hall–Kier alpha value is -3.38. The van der Waals surface area contributed by atoms with Crippen LogP contribution in [0, 0.1) is 22.7 Å². The highest BCUT2D eigenvalue weighted by Crippen LogP contribution is 2.15. The van der Waals surface area contributed by atoms with Crippen molar-refractivity contribution in [2.75, 3.05) is 7.11 Å². The van der Waals surface area contributed by atoms with Crippen LogP contribution >= 0.6 is 0 Å². The molecule has 2 rings (SSSR count). The number of rotatable bonds is 3. The molecule has 0 aromatic heterocycles. The van der Waals surface area contributed by atoms with E-state index in [-0.39, 0.29) is 23.7 Å². The van der Waals surface area contributed by atoms with E-state index in [9.17, 15) is 0 Å². The minimum atomic E-state index is -0.0622. The van der Waals surface area contributed by atoms with Gasteiger partial charge in [-0.25, -0.2) is 9.98 Å². The fourth-order valence-corrected chi connectivity index (χ4v) is 1.82. The van der Waals surface area contributed by atoms with Crippen molar-refractivity contribution in [3.8, 4) is 17.9 Å². The zero-order chi connectivity index (χ0) is 15.9. The number of nitrogens with zero attached hydrogens (tertiary/aromatic N) is 4. The topological polar surface area (TPSA) is 108 Å². The number of benzene rings is 1. The average molecular weight is 291 g/mol. The molecule has 2 N–H and O–H groups in total.